The molecule has 0 spiro atoms. The summed E-state index contributed by atoms with van der Waals surface area (Å²) < 4.78 is 4.20. The van der Waals surface area contributed by atoms with Crippen LogP contribution in [0.3, 0.4) is 0 Å². The highest BCUT2D eigenvalue weighted by molar-refractivity contribution is 5.93. The van der Waals surface area contributed by atoms with Gasteiger partial charge in [0.2, 0.25) is 0 Å². The third-order valence-electron chi connectivity index (χ3n) is 0.945. The second-order valence-electron chi connectivity index (χ2n) is 2.30. The highest BCUT2D eigenvalue weighted by atomic mass is 16.5. The molecular weight excluding hydrogens is 208 g/mol. The van der Waals surface area contributed by atoms with E-state index in [0.29, 0.717) is 6.08 Å². The summed E-state index contributed by atoms with van der Waals surface area (Å²) in [6.45, 7) is 1.01. The number of carbonyl (C=O) groups is 3. The van der Waals surface area contributed by atoms with Crippen LogP contribution in [0.1, 0.15) is 6.92 Å². The SMILES string of the molecule is C/C(=C/C(=O)O)C(=O)O.COCC(=O)O. The third kappa shape index (κ3) is 14.9. The van der Waals surface area contributed by atoms with E-state index in [1.54, 1.807) is 0 Å². The van der Waals surface area contributed by atoms with Gasteiger partial charge in [0.25, 0.3) is 0 Å². The summed E-state index contributed by atoms with van der Waals surface area (Å²) in [5.41, 5.74) is -0.178. The predicted molar refractivity (Wildman–Crippen MR) is 48.5 cm³/mol. The molecule has 0 saturated carbocycles. The third-order valence-corrected chi connectivity index (χ3v) is 0.945. The van der Waals surface area contributed by atoms with Gasteiger partial charge in [-0.1, -0.05) is 0 Å². The van der Waals surface area contributed by atoms with Crippen LogP contribution in [0, 0.1) is 0 Å². The van der Waals surface area contributed by atoms with Crippen LogP contribution in [0.25, 0.3) is 0 Å². The molecule has 0 fully saturated rings. The fraction of sp³-hybridized carbons (Fsp3) is 0.375. The van der Waals surface area contributed by atoms with Crippen LogP contribution in [0.5, 0.6) is 0 Å². The normalized spacial score (nSPS) is 9.87. The molecule has 7 nitrogen and oxygen atoms in total. The molecule has 0 saturated heterocycles. The van der Waals surface area contributed by atoms with Crippen molar-refractivity contribution in [3.05, 3.63) is 11.6 Å². The Labute approximate surface area is 85.6 Å². The Morgan fingerprint density at radius 3 is 1.73 bits per heavy atom. The van der Waals surface area contributed by atoms with E-state index < -0.39 is 17.9 Å². The average Bonchev–Trinajstić information content (AvgIpc) is 2.03. The number of aliphatic carboxylic acids is 3. The van der Waals surface area contributed by atoms with Crippen LogP contribution in [0.4, 0.5) is 0 Å². The smallest absolute Gasteiger partial charge is 0.331 e. The van der Waals surface area contributed by atoms with Crippen molar-refractivity contribution in [1.29, 1.82) is 0 Å². The topological polar surface area (TPSA) is 121 Å². The van der Waals surface area contributed by atoms with E-state index in [-0.39, 0.29) is 12.2 Å². The second-order valence-corrected chi connectivity index (χ2v) is 2.30. The summed E-state index contributed by atoms with van der Waals surface area (Å²) in [7, 11) is 1.34. The molecule has 0 aromatic heterocycles. The maximum Gasteiger partial charge on any atom is 0.331 e. The van der Waals surface area contributed by atoms with Gasteiger partial charge in [-0.15, -0.1) is 0 Å². The number of methoxy groups -OCH3 is 1. The largest absolute Gasteiger partial charge is 0.480 e. The van der Waals surface area contributed by atoms with E-state index in [0.717, 1.165) is 0 Å². The van der Waals surface area contributed by atoms with Gasteiger partial charge in [0, 0.05) is 18.8 Å². The molecule has 0 heterocycles. The lowest BCUT2D eigenvalue weighted by Gasteiger charge is -1.86. The zero-order chi connectivity index (χ0) is 12.4. The minimum atomic E-state index is -1.24. The Balaban J connectivity index is 0. The standard InChI is InChI=1S/C5H6O4.C3H6O3/c1-3(5(8)9)2-4(6)7;1-6-2-3(4)5/h2H,1H3,(H,6,7)(H,8,9);2H2,1H3,(H,4,5)/b3-2-;. The Morgan fingerprint density at radius 1 is 1.20 bits per heavy atom. The first-order valence-corrected chi connectivity index (χ1v) is 3.66. The van der Waals surface area contributed by atoms with Gasteiger partial charge in [-0.3, -0.25) is 0 Å². The van der Waals surface area contributed by atoms with E-state index in [9.17, 15) is 14.4 Å². The number of carboxylic acid groups (broad SMARTS) is 3. The minimum Gasteiger partial charge on any atom is -0.480 e. The molecule has 0 aliphatic carbocycles. The second kappa shape index (κ2) is 8.70. The van der Waals surface area contributed by atoms with Gasteiger partial charge in [-0.25, -0.2) is 14.4 Å². The minimum absolute atomic E-state index is 0.178. The summed E-state index contributed by atoms with van der Waals surface area (Å²) in [5.74, 6) is -3.38. The maximum atomic E-state index is 9.90. The maximum absolute atomic E-state index is 9.90. The predicted octanol–water partition coefficient (Wildman–Crippen LogP) is -0.181. The number of hydrogen-bond acceptors (Lipinski definition) is 4. The summed E-state index contributed by atoms with van der Waals surface area (Å²) in [4.78, 5) is 29.2. The van der Waals surface area contributed by atoms with Crippen LogP contribution in [-0.2, 0) is 19.1 Å². The lowest BCUT2D eigenvalue weighted by molar-refractivity contribution is -0.141. The average molecular weight is 220 g/mol. The summed E-state index contributed by atoms with van der Waals surface area (Å²) in [6.07, 6.45) is 0.641. The van der Waals surface area contributed by atoms with E-state index in [2.05, 4.69) is 4.74 Å². The lowest BCUT2D eigenvalue weighted by Crippen LogP contribution is -2.02. The molecule has 0 rings (SSSR count). The van der Waals surface area contributed by atoms with Crippen molar-refractivity contribution < 1.29 is 34.4 Å². The highest BCUT2D eigenvalue weighted by Gasteiger charge is 2.00. The first-order valence-electron chi connectivity index (χ1n) is 3.66. The number of ether oxygens (including phenoxy) is 1. The first kappa shape index (κ1) is 15.6. The Morgan fingerprint density at radius 2 is 1.67 bits per heavy atom. The molecule has 0 unspecified atom stereocenters. The van der Waals surface area contributed by atoms with Crippen LogP contribution in [0.15, 0.2) is 11.6 Å². The van der Waals surface area contributed by atoms with Crippen molar-refractivity contribution in [2.24, 2.45) is 0 Å². The Hall–Kier alpha value is -1.89. The van der Waals surface area contributed by atoms with E-state index in [4.69, 9.17) is 15.3 Å². The van der Waals surface area contributed by atoms with Crippen molar-refractivity contribution in [3.8, 4) is 0 Å². The van der Waals surface area contributed by atoms with Crippen LogP contribution < -0.4 is 0 Å². The van der Waals surface area contributed by atoms with Gasteiger partial charge in [0.1, 0.15) is 6.61 Å². The molecule has 0 aromatic rings. The van der Waals surface area contributed by atoms with Gasteiger partial charge in [0.15, 0.2) is 0 Å². The van der Waals surface area contributed by atoms with Gasteiger partial charge in [0.05, 0.1) is 0 Å². The van der Waals surface area contributed by atoms with E-state index in [1.165, 1.54) is 14.0 Å². The zero-order valence-corrected chi connectivity index (χ0v) is 8.26. The van der Waals surface area contributed by atoms with Crippen molar-refractivity contribution >= 4 is 17.9 Å². The molecule has 15 heavy (non-hydrogen) atoms. The van der Waals surface area contributed by atoms with Crippen LogP contribution >= 0.6 is 0 Å². The molecular formula is C8H12O7. The van der Waals surface area contributed by atoms with Gasteiger partial charge in [-0.05, 0) is 6.92 Å². The molecule has 0 aliphatic rings. The van der Waals surface area contributed by atoms with Crippen molar-refractivity contribution in [1.82, 2.24) is 0 Å². The van der Waals surface area contributed by atoms with Gasteiger partial charge < -0.3 is 20.1 Å². The van der Waals surface area contributed by atoms with Crippen molar-refractivity contribution in [2.45, 2.75) is 6.92 Å². The van der Waals surface area contributed by atoms with E-state index in [1.807, 2.05) is 0 Å². The summed E-state index contributed by atoms with van der Waals surface area (Å²) in [5, 5.41) is 23.9. The molecule has 0 radical (unpaired) electrons. The van der Waals surface area contributed by atoms with Crippen molar-refractivity contribution in [3.63, 3.8) is 0 Å². The van der Waals surface area contributed by atoms with Gasteiger partial charge in [-0.2, -0.15) is 0 Å². The Bertz CT molecular complexity index is 266. The quantitative estimate of drug-likeness (QED) is 0.561. The Kier molecular flexibility index (Phi) is 9.03. The molecule has 0 aliphatic heterocycles. The highest BCUT2D eigenvalue weighted by Crippen LogP contribution is 1.89. The molecule has 0 bridgehead atoms. The molecule has 7 heteroatoms. The molecule has 0 amide bonds. The molecule has 86 valence electrons. The zero-order valence-electron chi connectivity index (χ0n) is 8.26. The van der Waals surface area contributed by atoms with E-state index >= 15 is 0 Å². The van der Waals surface area contributed by atoms with Crippen LogP contribution in [-0.4, -0.2) is 46.9 Å². The fourth-order valence-electron chi connectivity index (χ4n) is 0.370. The number of hydrogen-bond donors (Lipinski definition) is 3. The van der Waals surface area contributed by atoms with Gasteiger partial charge >= 0.3 is 17.9 Å². The fourth-order valence-corrected chi connectivity index (χ4v) is 0.370. The lowest BCUT2D eigenvalue weighted by atomic mass is 10.3. The molecule has 3 N–H and O–H groups in total. The van der Waals surface area contributed by atoms with Crippen LogP contribution in [0.2, 0.25) is 0 Å². The summed E-state index contributed by atoms with van der Waals surface area (Å²) in [6, 6.07) is 0. The first-order chi connectivity index (χ1) is 6.81. The molecule has 0 aromatic carbocycles. The summed E-state index contributed by atoms with van der Waals surface area (Å²) >= 11 is 0. The number of rotatable bonds is 4. The monoisotopic (exact) mass is 220 g/mol. The number of carboxylic acids is 3. The molecule has 0 atom stereocenters. The van der Waals surface area contributed by atoms with Crippen molar-refractivity contribution in [2.75, 3.05) is 13.7 Å².